The van der Waals surface area contributed by atoms with E-state index in [1.807, 2.05) is 36.4 Å². The highest BCUT2D eigenvalue weighted by atomic mass is 35.5. The number of hydrogen-bond acceptors (Lipinski definition) is 4. The summed E-state index contributed by atoms with van der Waals surface area (Å²) in [4.78, 5) is 0. The van der Waals surface area contributed by atoms with Gasteiger partial charge < -0.3 is 9.30 Å². The SMILES string of the molecule is CCn1c(SCc2ccc(Cl)cc2Cl)nnc1-c1cccc(OC)c1. The molecule has 0 aliphatic heterocycles. The molecular formula is C18H17Cl2N3OS. The zero-order valence-corrected chi connectivity index (χ0v) is 16.2. The van der Waals surface area contributed by atoms with Crippen molar-refractivity contribution in [3.05, 3.63) is 58.1 Å². The average molecular weight is 394 g/mol. The quantitative estimate of drug-likeness (QED) is 0.513. The molecule has 130 valence electrons. The van der Waals surface area contributed by atoms with Crippen LogP contribution in [0.4, 0.5) is 0 Å². The van der Waals surface area contributed by atoms with Crippen LogP contribution in [0.15, 0.2) is 47.6 Å². The second-order valence-corrected chi connectivity index (χ2v) is 7.09. The standard InChI is InChI=1S/C18H17Cl2N3OS/c1-3-23-17(12-5-4-6-15(9-12)24-2)21-22-18(23)25-11-13-7-8-14(19)10-16(13)20/h4-10H,3,11H2,1-2H3. The van der Waals surface area contributed by atoms with Gasteiger partial charge in [-0.15, -0.1) is 10.2 Å². The van der Waals surface area contributed by atoms with Gasteiger partial charge in [0.2, 0.25) is 0 Å². The van der Waals surface area contributed by atoms with Crippen molar-refractivity contribution in [1.29, 1.82) is 0 Å². The Kier molecular flexibility index (Phi) is 5.89. The van der Waals surface area contributed by atoms with E-state index in [-0.39, 0.29) is 0 Å². The predicted molar refractivity (Wildman–Crippen MR) is 104 cm³/mol. The van der Waals surface area contributed by atoms with Gasteiger partial charge in [-0.1, -0.05) is 53.2 Å². The molecule has 0 saturated heterocycles. The lowest BCUT2D eigenvalue weighted by Crippen LogP contribution is -2.00. The van der Waals surface area contributed by atoms with Crippen LogP contribution in [0.2, 0.25) is 10.0 Å². The zero-order valence-electron chi connectivity index (χ0n) is 13.9. The van der Waals surface area contributed by atoms with Gasteiger partial charge in [0.25, 0.3) is 0 Å². The Labute approximate surface area is 161 Å². The van der Waals surface area contributed by atoms with Crippen LogP contribution in [0, 0.1) is 0 Å². The van der Waals surface area contributed by atoms with E-state index in [9.17, 15) is 0 Å². The second kappa shape index (κ2) is 8.13. The number of aromatic nitrogens is 3. The fourth-order valence-corrected chi connectivity index (χ4v) is 4.00. The smallest absolute Gasteiger partial charge is 0.191 e. The molecule has 0 radical (unpaired) electrons. The first-order valence-electron chi connectivity index (χ1n) is 7.76. The van der Waals surface area contributed by atoms with E-state index in [2.05, 4.69) is 21.7 Å². The minimum absolute atomic E-state index is 0.635. The van der Waals surface area contributed by atoms with Gasteiger partial charge >= 0.3 is 0 Å². The summed E-state index contributed by atoms with van der Waals surface area (Å²) in [5, 5.41) is 10.9. The molecule has 3 rings (SSSR count). The molecule has 0 unspecified atom stereocenters. The molecule has 1 aromatic heterocycles. The number of thioether (sulfide) groups is 1. The molecule has 7 heteroatoms. The first-order chi connectivity index (χ1) is 12.1. The molecule has 1 heterocycles. The van der Waals surface area contributed by atoms with Crippen molar-refractivity contribution >= 4 is 35.0 Å². The Morgan fingerprint density at radius 3 is 2.68 bits per heavy atom. The highest BCUT2D eigenvalue weighted by Gasteiger charge is 2.14. The van der Waals surface area contributed by atoms with Crippen molar-refractivity contribution in [2.45, 2.75) is 24.4 Å². The van der Waals surface area contributed by atoms with Gasteiger partial charge in [0.05, 0.1) is 7.11 Å². The number of halogens is 2. The summed E-state index contributed by atoms with van der Waals surface area (Å²) in [7, 11) is 1.65. The van der Waals surface area contributed by atoms with Crippen LogP contribution >= 0.6 is 35.0 Å². The topological polar surface area (TPSA) is 39.9 Å². The molecule has 0 amide bonds. The Morgan fingerprint density at radius 2 is 1.96 bits per heavy atom. The third kappa shape index (κ3) is 4.11. The summed E-state index contributed by atoms with van der Waals surface area (Å²) >= 11 is 13.8. The van der Waals surface area contributed by atoms with Crippen LogP contribution in [0.5, 0.6) is 5.75 Å². The van der Waals surface area contributed by atoms with Gasteiger partial charge in [0.15, 0.2) is 11.0 Å². The Hall–Kier alpha value is -1.69. The highest BCUT2D eigenvalue weighted by Crippen LogP contribution is 2.30. The maximum atomic E-state index is 6.25. The molecular weight excluding hydrogens is 377 g/mol. The van der Waals surface area contributed by atoms with Gasteiger partial charge in [0.1, 0.15) is 5.75 Å². The van der Waals surface area contributed by atoms with Crippen molar-refractivity contribution in [3.63, 3.8) is 0 Å². The third-order valence-corrected chi connectivity index (χ3v) is 5.34. The predicted octanol–water partition coefficient (Wildman–Crippen LogP) is 5.57. The van der Waals surface area contributed by atoms with Gasteiger partial charge in [-0.3, -0.25) is 0 Å². The first kappa shape index (κ1) is 18.1. The Morgan fingerprint density at radius 1 is 1.12 bits per heavy atom. The van der Waals surface area contributed by atoms with Crippen molar-refractivity contribution < 1.29 is 4.74 Å². The molecule has 4 nitrogen and oxygen atoms in total. The summed E-state index contributed by atoms with van der Waals surface area (Å²) in [5.41, 5.74) is 2.00. The monoisotopic (exact) mass is 393 g/mol. The number of rotatable bonds is 6. The maximum Gasteiger partial charge on any atom is 0.191 e. The summed E-state index contributed by atoms with van der Waals surface area (Å²) in [6.07, 6.45) is 0. The van der Waals surface area contributed by atoms with Crippen molar-refractivity contribution in [2.75, 3.05) is 7.11 Å². The van der Waals surface area contributed by atoms with Crippen molar-refractivity contribution in [3.8, 4) is 17.1 Å². The van der Waals surface area contributed by atoms with Crippen molar-refractivity contribution in [2.24, 2.45) is 0 Å². The summed E-state index contributed by atoms with van der Waals surface area (Å²) in [6, 6.07) is 13.4. The lowest BCUT2D eigenvalue weighted by atomic mass is 10.2. The summed E-state index contributed by atoms with van der Waals surface area (Å²) in [5.74, 6) is 2.32. The van der Waals surface area contributed by atoms with E-state index < -0.39 is 0 Å². The number of nitrogens with zero attached hydrogens (tertiary/aromatic N) is 3. The van der Waals surface area contributed by atoms with Crippen molar-refractivity contribution in [1.82, 2.24) is 14.8 Å². The van der Waals surface area contributed by atoms with E-state index in [1.165, 1.54) is 0 Å². The minimum Gasteiger partial charge on any atom is -0.497 e. The normalized spacial score (nSPS) is 10.9. The van der Waals surface area contributed by atoms with Gasteiger partial charge in [-0.05, 0) is 36.8 Å². The van der Waals surface area contributed by atoms with E-state index in [0.717, 1.165) is 34.4 Å². The lowest BCUT2D eigenvalue weighted by molar-refractivity contribution is 0.415. The molecule has 2 aromatic carbocycles. The third-order valence-electron chi connectivity index (χ3n) is 3.73. The lowest BCUT2D eigenvalue weighted by Gasteiger charge is -2.09. The van der Waals surface area contributed by atoms with E-state index in [0.29, 0.717) is 15.8 Å². The Balaban J connectivity index is 1.84. The summed E-state index contributed by atoms with van der Waals surface area (Å²) < 4.78 is 7.38. The fourth-order valence-electron chi connectivity index (χ4n) is 2.44. The average Bonchev–Trinajstić information content (AvgIpc) is 3.04. The molecule has 0 aliphatic carbocycles. The molecule has 25 heavy (non-hydrogen) atoms. The van der Waals surface area contributed by atoms with Crippen LogP contribution in [0.3, 0.4) is 0 Å². The van der Waals surface area contributed by atoms with Crippen LogP contribution in [0.25, 0.3) is 11.4 Å². The molecule has 0 N–H and O–H groups in total. The van der Waals surface area contributed by atoms with Gasteiger partial charge in [-0.2, -0.15) is 0 Å². The first-order valence-corrected chi connectivity index (χ1v) is 9.51. The molecule has 0 saturated carbocycles. The van der Waals surface area contributed by atoms with Crippen LogP contribution in [-0.2, 0) is 12.3 Å². The zero-order chi connectivity index (χ0) is 17.8. The largest absolute Gasteiger partial charge is 0.497 e. The van der Waals surface area contributed by atoms with Gasteiger partial charge in [0, 0.05) is 27.9 Å². The van der Waals surface area contributed by atoms with E-state index in [1.54, 1.807) is 24.9 Å². The Bertz CT molecular complexity index is 883. The molecule has 0 fully saturated rings. The van der Waals surface area contributed by atoms with E-state index >= 15 is 0 Å². The molecule has 0 spiro atoms. The summed E-state index contributed by atoms with van der Waals surface area (Å²) in [6.45, 7) is 2.85. The second-order valence-electron chi connectivity index (χ2n) is 5.31. The van der Waals surface area contributed by atoms with Crippen LogP contribution in [-0.4, -0.2) is 21.9 Å². The fraction of sp³-hybridized carbons (Fsp3) is 0.222. The number of benzene rings is 2. The van der Waals surface area contributed by atoms with Crippen LogP contribution in [0.1, 0.15) is 12.5 Å². The number of methoxy groups -OCH3 is 1. The van der Waals surface area contributed by atoms with E-state index in [4.69, 9.17) is 27.9 Å². The highest BCUT2D eigenvalue weighted by molar-refractivity contribution is 7.98. The number of hydrogen-bond donors (Lipinski definition) is 0. The maximum absolute atomic E-state index is 6.25. The molecule has 0 bridgehead atoms. The molecule has 0 aliphatic rings. The minimum atomic E-state index is 0.635. The molecule has 3 aromatic rings. The van der Waals surface area contributed by atoms with Crippen LogP contribution < -0.4 is 4.74 Å². The molecule has 0 atom stereocenters. The number of ether oxygens (including phenoxy) is 1. The van der Waals surface area contributed by atoms with Gasteiger partial charge in [-0.25, -0.2) is 0 Å².